The Morgan fingerprint density at radius 2 is 1.00 bits per heavy atom. The molecule has 0 bridgehead atoms. The zero-order valence-electron chi connectivity index (χ0n) is 9.92. The first kappa shape index (κ1) is 14.2. The Bertz CT molecular complexity index is 320. The van der Waals surface area contributed by atoms with Gasteiger partial charge in [-0.25, -0.2) is 0 Å². The first-order valence-electron chi connectivity index (χ1n) is 5.52. The van der Waals surface area contributed by atoms with Crippen molar-refractivity contribution < 1.29 is 0 Å². The molecule has 0 saturated heterocycles. The van der Waals surface area contributed by atoms with Crippen LogP contribution in [0.25, 0.3) is 0 Å². The van der Waals surface area contributed by atoms with Crippen LogP contribution in [0.5, 0.6) is 0 Å². The van der Waals surface area contributed by atoms with Crippen LogP contribution in [-0.4, -0.2) is 0 Å². The summed E-state index contributed by atoms with van der Waals surface area (Å²) < 4.78 is 0. The van der Waals surface area contributed by atoms with Crippen molar-refractivity contribution >= 4 is 0 Å². The molecule has 0 amide bonds. The van der Waals surface area contributed by atoms with E-state index in [9.17, 15) is 0 Å². The van der Waals surface area contributed by atoms with Crippen LogP contribution >= 0.6 is 0 Å². The van der Waals surface area contributed by atoms with E-state index >= 15 is 0 Å². The fraction of sp³-hybridized carbons (Fsp3) is 0.125. The monoisotopic (exact) mass is 212 g/mol. The lowest BCUT2D eigenvalue weighted by Crippen LogP contribution is -1.53. The first-order chi connectivity index (χ1) is 7.91. The van der Waals surface area contributed by atoms with Crippen LogP contribution in [0.3, 0.4) is 0 Å². The van der Waals surface area contributed by atoms with Crippen LogP contribution < -0.4 is 0 Å². The second kappa shape index (κ2) is 13.2. The van der Waals surface area contributed by atoms with Crippen LogP contribution in [0, 0.1) is 0 Å². The molecule has 0 spiro atoms. The second-order valence-corrected chi connectivity index (χ2v) is 3.00. The quantitative estimate of drug-likeness (QED) is 0.525. The zero-order chi connectivity index (χ0) is 11.9. The molecule has 16 heavy (non-hydrogen) atoms. The highest BCUT2D eigenvalue weighted by Gasteiger charge is 1.64. The average Bonchev–Trinajstić information content (AvgIpc) is 2.31. The summed E-state index contributed by atoms with van der Waals surface area (Å²) in [5.74, 6) is 0. The maximum Gasteiger partial charge on any atom is -0.0376 e. The molecule has 0 unspecified atom stereocenters. The lowest BCUT2D eigenvalue weighted by atomic mass is 10.3. The van der Waals surface area contributed by atoms with Gasteiger partial charge in [0, 0.05) is 0 Å². The van der Waals surface area contributed by atoms with Gasteiger partial charge < -0.3 is 0 Å². The highest BCUT2D eigenvalue weighted by molar-refractivity contribution is 5.20. The molecule has 0 atom stereocenters. The van der Waals surface area contributed by atoms with E-state index < -0.39 is 0 Å². The maximum absolute atomic E-state index is 3.59. The van der Waals surface area contributed by atoms with Gasteiger partial charge in [0.15, 0.2) is 0 Å². The van der Waals surface area contributed by atoms with E-state index in [1.165, 1.54) is 0 Å². The van der Waals surface area contributed by atoms with Gasteiger partial charge in [-0.2, -0.15) is 0 Å². The van der Waals surface area contributed by atoms with Crippen molar-refractivity contribution in [2.24, 2.45) is 0 Å². The van der Waals surface area contributed by atoms with Crippen LogP contribution in [-0.2, 0) is 0 Å². The van der Waals surface area contributed by atoms with Crippen molar-refractivity contribution in [1.82, 2.24) is 0 Å². The van der Waals surface area contributed by atoms with Crippen molar-refractivity contribution in [3.8, 4) is 0 Å². The third-order valence-corrected chi connectivity index (χ3v) is 1.62. The summed E-state index contributed by atoms with van der Waals surface area (Å²) in [6.45, 7) is 5.71. The van der Waals surface area contributed by atoms with Gasteiger partial charge in [0.2, 0.25) is 0 Å². The van der Waals surface area contributed by atoms with Gasteiger partial charge in [-0.05, 0) is 6.42 Å². The predicted molar refractivity (Wildman–Crippen MR) is 75.3 cm³/mol. The molecule has 0 saturated carbocycles. The van der Waals surface area contributed by atoms with Crippen molar-refractivity contribution in [2.45, 2.75) is 13.3 Å². The van der Waals surface area contributed by atoms with E-state index in [4.69, 9.17) is 0 Å². The molecule has 0 aliphatic heterocycles. The van der Waals surface area contributed by atoms with Crippen molar-refractivity contribution in [2.75, 3.05) is 0 Å². The standard InChI is InChI=1S/C16H20/c1-3-5-7-9-11-13-15-16-14-12-10-8-6-4-2/h3,5-16H,1,4H2,2H3/b7-5-,8-6?,11-9+,12-10?,15-13?,16-14?. The molecule has 0 heteroatoms. The van der Waals surface area contributed by atoms with Gasteiger partial charge in [0.05, 0.1) is 0 Å². The molecule has 0 heterocycles. The second-order valence-electron chi connectivity index (χ2n) is 3.00. The Morgan fingerprint density at radius 3 is 1.38 bits per heavy atom. The maximum atomic E-state index is 3.59. The highest BCUT2D eigenvalue weighted by atomic mass is 13.7. The average molecular weight is 212 g/mol. The number of allylic oxidation sites excluding steroid dienone is 13. The third kappa shape index (κ3) is 12.2. The summed E-state index contributed by atoms with van der Waals surface area (Å²) in [7, 11) is 0. The molecule has 0 rings (SSSR count). The van der Waals surface area contributed by atoms with Crippen LogP contribution in [0.1, 0.15) is 13.3 Å². The molecular weight excluding hydrogens is 192 g/mol. The summed E-state index contributed by atoms with van der Waals surface area (Å²) in [6.07, 6.45) is 26.8. The minimum Gasteiger partial charge on any atom is -0.0991 e. The van der Waals surface area contributed by atoms with Crippen molar-refractivity contribution in [1.29, 1.82) is 0 Å². The summed E-state index contributed by atoms with van der Waals surface area (Å²) in [6, 6.07) is 0. The van der Waals surface area contributed by atoms with E-state index in [1.54, 1.807) is 6.08 Å². The lowest BCUT2D eigenvalue weighted by Gasteiger charge is -1.75. The minimum atomic E-state index is 1.08. The Morgan fingerprint density at radius 1 is 0.625 bits per heavy atom. The largest absolute Gasteiger partial charge is 0.0991 e. The van der Waals surface area contributed by atoms with Gasteiger partial charge >= 0.3 is 0 Å². The number of hydrogen-bond acceptors (Lipinski definition) is 0. The third-order valence-electron chi connectivity index (χ3n) is 1.62. The van der Waals surface area contributed by atoms with E-state index in [0.29, 0.717) is 0 Å². The first-order valence-corrected chi connectivity index (χ1v) is 5.52. The highest BCUT2D eigenvalue weighted by Crippen LogP contribution is 1.85. The van der Waals surface area contributed by atoms with Crippen LogP contribution in [0.2, 0.25) is 0 Å². The molecule has 0 nitrogen and oxygen atoms in total. The molecule has 0 aromatic rings. The SMILES string of the molecule is C=C/C=C\C=C\C=CC=CC=CC=CCC. The summed E-state index contributed by atoms with van der Waals surface area (Å²) >= 11 is 0. The fourth-order valence-electron chi connectivity index (χ4n) is 0.871. The zero-order valence-corrected chi connectivity index (χ0v) is 9.92. The number of rotatable bonds is 7. The lowest BCUT2D eigenvalue weighted by molar-refractivity contribution is 1.22. The Kier molecular flexibility index (Phi) is 11.7. The fourth-order valence-corrected chi connectivity index (χ4v) is 0.871. The van der Waals surface area contributed by atoms with Crippen LogP contribution in [0.15, 0.2) is 85.6 Å². The van der Waals surface area contributed by atoms with Crippen molar-refractivity contribution in [3.05, 3.63) is 85.6 Å². The van der Waals surface area contributed by atoms with Gasteiger partial charge in [-0.15, -0.1) is 0 Å². The Hall–Kier alpha value is -1.82. The van der Waals surface area contributed by atoms with E-state index in [2.05, 4.69) is 19.6 Å². The van der Waals surface area contributed by atoms with E-state index in [1.807, 2.05) is 66.8 Å². The van der Waals surface area contributed by atoms with Gasteiger partial charge in [0.25, 0.3) is 0 Å². The molecule has 0 aromatic heterocycles. The smallest absolute Gasteiger partial charge is 0.0376 e. The number of hydrogen-bond donors (Lipinski definition) is 0. The Balaban J connectivity index is 3.74. The summed E-state index contributed by atoms with van der Waals surface area (Å²) in [5.41, 5.74) is 0. The minimum absolute atomic E-state index is 1.08. The summed E-state index contributed by atoms with van der Waals surface area (Å²) in [5, 5.41) is 0. The topological polar surface area (TPSA) is 0 Å². The molecule has 0 aliphatic carbocycles. The predicted octanol–water partition coefficient (Wildman–Crippen LogP) is 4.92. The van der Waals surface area contributed by atoms with Crippen LogP contribution in [0.4, 0.5) is 0 Å². The van der Waals surface area contributed by atoms with E-state index in [0.717, 1.165) is 6.42 Å². The van der Waals surface area contributed by atoms with Gasteiger partial charge in [-0.1, -0.05) is 92.5 Å². The van der Waals surface area contributed by atoms with E-state index in [-0.39, 0.29) is 0 Å². The summed E-state index contributed by atoms with van der Waals surface area (Å²) in [4.78, 5) is 0. The molecule has 0 fully saturated rings. The van der Waals surface area contributed by atoms with Gasteiger partial charge in [0.1, 0.15) is 0 Å². The molecule has 0 aliphatic rings. The normalized spacial score (nSPS) is 13.6. The Labute approximate surface area is 99.4 Å². The van der Waals surface area contributed by atoms with Crippen molar-refractivity contribution in [3.63, 3.8) is 0 Å². The molecular formula is C16H20. The molecule has 0 N–H and O–H groups in total. The molecule has 0 aromatic carbocycles. The molecule has 84 valence electrons. The van der Waals surface area contributed by atoms with Gasteiger partial charge in [-0.3, -0.25) is 0 Å². The molecule has 0 radical (unpaired) electrons.